The minimum atomic E-state index is -0.0697. The molecule has 0 saturated carbocycles. The van der Waals surface area contributed by atoms with Gasteiger partial charge in [0.25, 0.3) is 0 Å². The van der Waals surface area contributed by atoms with Crippen molar-refractivity contribution in [1.82, 2.24) is 0 Å². The minimum Gasteiger partial charge on any atom is -0.370 e. The average Bonchev–Trinajstić information content (AvgIpc) is 2.35. The summed E-state index contributed by atoms with van der Waals surface area (Å²) in [5, 5.41) is 0. The van der Waals surface area contributed by atoms with Crippen LogP contribution in [0.3, 0.4) is 0 Å². The van der Waals surface area contributed by atoms with Crippen LogP contribution in [0, 0.1) is 6.92 Å². The summed E-state index contributed by atoms with van der Waals surface area (Å²) in [6.45, 7) is 10.6. The largest absolute Gasteiger partial charge is 0.370 e. The molecule has 2 nitrogen and oxygen atoms in total. The third-order valence-corrected chi connectivity index (χ3v) is 3.66. The normalized spacial score (nSPS) is 11.6. The number of hydrogen-bond donors (Lipinski definition) is 1. The predicted molar refractivity (Wildman–Crippen MR) is 76.6 cm³/mol. The lowest BCUT2D eigenvalue weighted by Crippen LogP contribution is -2.49. The molecule has 0 radical (unpaired) electrons. The predicted octanol–water partition coefficient (Wildman–Crippen LogP) is 3.34. The highest BCUT2D eigenvalue weighted by Crippen LogP contribution is 2.20. The Morgan fingerprint density at radius 2 is 1.82 bits per heavy atom. The van der Waals surface area contributed by atoms with E-state index in [1.54, 1.807) is 0 Å². The van der Waals surface area contributed by atoms with Gasteiger partial charge in [0.1, 0.15) is 0 Å². The summed E-state index contributed by atoms with van der Waals surface area (Å²) in [4.78, 5) is 2.38. The second-order valence-corrected chi connectivity index (χ2v) is 4.92. The maximum atomic E-state index is 6.41. The first-order chi connectivity index (χ1) is 8.04. The van der Waals surface area contributed by atoms with Crippen LogP contribution in [0.5, 0.6) is 0 Å². The number of anilines is 1. The molecule has 0 amide bonds. The lowest BCUT2D eigenvalue weighted by Gasteiger charge is -2.35. The molecule has 1 aromatic carbocycles. The van der Waals surface area contributed by atoms with Crippen LogP contribution in [0.1, 0.15) is 39.2 Å². The number of likely N-dealkylation sites (N-methyl/N-ethyl adjacent to an activating group) is 1. The van der Waals surface area contributed by atoms with Gasteiger partial charge in [-0.2, -0.15) is 0 Å². The Hall–Kier alpha value is -1.02. The molecular weight excluding hydrogens is 208 g/mol. The Bertz CT molecular complexity index is 343. The molecule has 0 atom stereocenters. The van der Waals surface area contributed by atoms with Gasteiger partial charge in [0, 0.05) is 24.3 Å². The Morgan fingerprint density at radius 1 is 1.18 bits per heavy atom. The Kier molecular flexibility index (Phi) is 5.01. The summed E-state index contributed by atoms with van der Waals surface area (Å²) in [6, 6.07) is 8.65. The fourth-order valence-corrected chi connectivity index (χ4v) is 2.06. The SMILES string of the molecule is CCN(CC(N)(CC)CC)c1cccc(C)c1. The molecular formula is C15H26N2. The Labute approximate surface area is 106 Å². The van der Waals surface area contributed by atoms with Gasteiger partial charge in [0.2, 0.25) is 0 Å². The monoisotopic (exact) mass is 234 g/mol. The van der Waals surface area contributed by atoms with Gasteiger partial charge in [-0.1, -0.05) is 26.0 Å². The maximum absolute atomic E-state index is 6.41. The van der Waals surface area contributed by atoms with Crippen LogP contribution in [0.2, 0.25) is 0 Å². The van der Waals surface area contributed by atoms with E-state index in [2.05, 4.69) is 56.9 Å². The first-order valence-corrected chi connectivity index (χ1v) is 6.65. The van der Waals surface area contributed by atoms with E-state index in [4.69, 9.17) is 5.73 Å². The summed E-state index contributed by atoms with van der Waals surface area (Å²) in [7, 11) is 0. The summed E-state index contributed by atoms with van der Waals surface area (Å²) in [5.41, 5.74) is 8.92. The molecule has 2 heteroatoms. The maximum Gasteiger partial charge on any atom is 0.0369 e. The highest BCUT2D eigenvalue weighted by atomic mass is 15.1. The van der Waals surface area contributed by atoms with Crippen LogP contribution < -0.4 is 10.6 Å². The van der Waals surface area contributed by atoms with Crippen LogP contribution in [-0.2, 0) is 0 Å². The number of aryl methyl sites for hydroxylation is 1. The molecule has 2 N–H and O–H groups in total. The molecule has 0 aliphatic rings. The van der Waals surface area contributed by atoms with E-state index < -0.39 is 0 Å². The summed E-state index contributed by atoms with van der Waals surface area (Å²) >= 11 is 0. The van der Waals surface area contributed by atoms with Crippen molar-refractivity contribution >= 4 is 5.69 Å². The van der Waals surface area contributed by atoms with Gasteiger partial charge >= 0.3 is 0 Å². The van der Waals surface area contributed by atoms with Gasteiger partial charge in [-0.25, -0.2) is 0 Å². The van der Waals surface area contributed by atoms with Crippen molar-refractivity contribution < 1.29 is 0 Å². The zero-order valence-corrected chi connectivity index (χ0v) is 11.7. The average molecular weight is 234 g/mol. The molecule has 0 heterocycles. The smallest absolute Gasteiger partial charge is 0.0369 e. The second kappa shape index (κ2) is 6.06. The van der Waals surface area contributed by atoms with Gasteiger partial charge in [-0.05, 0) is 44.4 Å². The van der Waals surface area contributed by atoms with Gasteiger partial charge in [0.15, 0.2) is 0 Å². The van der Waals surface area contributed by atoms with Crippen LogP contribution in [0.4, 0.5) is 5.69 Å². The van der Waals surface area contributed by atoms with E-state index >= 15 is 0 Å². The van der Waals surface area contributed by atoms with Crippen molar-refractivity contribution in [3.05, 3.63) is 29.8 Å². The van der Waals surface area contributed by atoms with Gasteiger partial charge < -0.3 is 10.6 Å². The molecule has 96 valence electrons. The third-order valence-electron chi connectivity index (χ3n) is 3.66. The third kappa shape index (κ3) is 3.74. The molecule has 0 aliphatic heterocycles. The number of rotatable bonds is 6. The molecule has 1 rings (SSSR count). The van der Waals surface area contributed by atoms with Crippen LogP contribution in [0.15, 0.2) is 24.3 Å². The Balaban J connectivity index is 2.85. The van der Waals surface area contributed by atoms with Gasteiger partial charge in [-0.15, -0.1) is 0 Å². The molecule has 0 bridgehead atoms. The van der Waals surface area contributed by atoms with E-state index in [0.29, 0.717) is 0 Å². The van der Waals surface area contributed by atoms with Gasteiger partial charge in [0.05, 0.1) is 0 Å². The molecule has 0 aliphatic carbocycles. The van der Waals surface area contributed by atoms with E-state index in [0.717, 1.165) is 25.9 Å². The summed E-state index contributed by atoms with van der Waals surface area (Å²) in [6.07, 6.45) is 2.04. The first-order valence-electron chi connectivity index (χ1n) is 6.65. The van der Waals surface area contributed by atoms with E-state index in [-0.39, 0.29) is 5.54 Å². The highest BCUT2D eigenvalue weighted by molar-refractivity contribution is 5.48. The van der Waals surface area contributed by atoms with Crippen molar-refractivity contribution in [1.29, 1.82) is 0 Å². The summed E-state index contributed by atoms with van der Waals surface area (Å²) in [5.74, 6) is 0. The van der Waals surface area contributed by atoms with Crippen molar-refractivity contribution in [2.45, 2.75) is 46.1 Å². The molecule has 0 saturated heterocycles. The minimum absolute atomic E-state index is 0.0697. The van der Waals surface area contributed by atoms with Crippen LogP contribution in [0.25, 0.3) is 0 Å². The molecule has 0 spiro atoms. The number of hydrogen-bond acceptors (Lipinski definition) is 2. The van der Waals surface area contributed by atoms with Crippen LogP contribution >= 0.6 is 0 Å². The molecule has 0 fully saturated rings. The number of nitrogens with zero attached hydrogens (tertiary/aromatic N) is 1. The zero-order chi connectivity index (χ0) is 12.9. The topological polar surface area (TPSA) is 29.3 Å². The van der Waals surface area contributed by atoms with Crippen molar-refractivity contribution in [3.63, 3.8) is 0 Å². The second-order valence-electron chi connectivity index (χ2n) is 4.92. The van der Waals surface area contributed by atoms with E-state index in [9.17, 15) is 0 Å². The van der Waals surface area contributed by atoms with Gasteiger partial charge in [-0.3, -0.25) is 0 Å². The quantitative estimate of drug-likeness (QED) is 0.818. The van der Waals surface area contributed by atoms with Crippen molar-refractivity contribution in [2.24, 2.45) is 5.73 Å². The molecule has 17 heavy (non-hydrogen) atoms. The Morgan fingerprint density at radius 3 is 2.29 bits per heavy atom. The first kappa shape index (κ1) is 14.0. The fraction of sp³-hybridized carbons (Fsp3) is 0.600. The molecule has 1 aromatic rings. The molecule has 0 aromatic heterocycles. The van der Waals surface area contributed by atoms with Crippen molar-refractivity contribution in [3.8, 4) is 0 Å². The molecule has 0 unspecified atom stereocenters. The van der Waals surface area contributed by atoms with E-state index in [1.165, 1.54) is 11.3 Å². The number of benzene rings is 1. The number of nitrogens with two attached hydrogens (primary N) is 1. The summed E-state index contributed by atoms with van der Waals surface area (Å²) < 4.78 is 0. The van der Waals surface area contributed by atoms with Crippen LogP contribution in [-0.4, -0.2) is 18.6 Å². The highest BCUT2D eigenvalue weighted by Gasteiger charge is 2.23. The lowest BCUT2D eigenvalue weighted by molar-refractivity contribution is 0.395. The van der Waals surface area contributed by atoms with E-state index in [1.807, 2.05) is 0 Å². The zero-order valence-electron chi connectivity index (χ0n) is 11.7. The standard InChI is InChI=1S/C15H26N2/c1-5-15(16,6-2)12-17(7-3)14-10-8-9-13(4)11-14/h8-11H,5-7,12,16H2,1-4H3. The fourth-order valence-electron chi connectivity index (χ4n) is 2.06. The lowest BCUT2D eigenvalue weighted by atomic mass is 9.93. The van der Waals surface area contributed by atoms with Crippen molar-refractivity contribution in [2.75, 3.05) is 18.0 Å².